The molecule has 3 nitrogen and oxygen atoms in total. The van der Waals surface area contributed by atoms with Gasteiger partial charge in [-0.25, -0.2) is 4.39 Å². The first-order valence-corrected chi connectivity index (χ1v) is 11.0. The molecule has 0 saturated heterocycles. The van der Waals surface area contributed by atoms with E-state index < -0.39 is 0 Å². The molecule has 0 aliphatic heterocycles. The summed E-state index contributed by atoms with van der Waals surface area (Å²) in [5, 5.41) is 6.32. The summed E-state index contributed by atoms with van der Waals surface area (Å²) in [4.78, 5) is 2.43. The van der Waals surface area contributed by atoms with E-state index in [0.717, 1.165) is 56.0 Å². The van der Waals surface area contributed by atoms with Crippen molar-refractivity contribution in [2.24, 2.45) is 0 Å². The van der Waals surface area contributed by atoms with Crippen molar-refractivity contribution in [1.82, 2.24) is 10.2 Å². The van der Waals surface area contributed by atoms with Crippen LogP contribution < -0.4 is 10.1 Å². The van der Waals surface area contributed by atoms with Gasteiger partial charge in [0.25, 0.3) is 0 Å². The quantitative estimate of drug-likeness (QED) is 0.377. The Bertz CT molecular complexity index is 959. The zero-order valence-electron chi connectivity index (χ0n) is 17.8. The number of ether oxygens (including phenoxy) is 1. The van der Waals surface area contributed by atoms with Gasteiger partial charge in [-0.15, -0.1) is 0 Å². The third-order valence-corrected chi connectivity index (χ3v) is 5.77. The number of fused-ring (bicyclic) bond motifs is 1. The average molecular weight is 429 g/mol. The molecule has 0 aliphatic rings. The normalized spacial score (nSPS) is 11.4. The lowest BCUT2D eigenvalue weighted by Crippen LogP contribution is -2.27. The summed E-state index contributed by atoms with van der Waals surface area (Å²) in [6.45, 7) is 9.64. The fraction of sp³-hybridized carbons (Fsp3) is 0.360. The van der Waals surface area contributed by atoms with Crippen LogP contribution in [0.15, 0.2) is 54.6 Å². The molecule has 0 saturated carbocycles. The van der Waals surface area contributed by atoms with Crippen molar-refractivity contribution in [3.8, 4) is 5.75 Å². The molecule has 5 heteroatoms. The standard InChI is InChI=1S/C25H30ClFN2O/c1-3-29(4-2)15-7-14-28-17-23-22-9-6-5-8-19(22)11-13-25(23)30-18-20-10-12-21(27)16-24(20)26/h5-6,8-13,16,28H,3-4,7,14-15,17-18H2,1-2H3. The number of halogens is 2. The number of hydrogen-bond acceptors (Lipinski definition) is 3. The lowest BCUT2D eigenvalue weighted by atomic mass is 10.0. The van der Waals surface area contributed by atoms with Crippen molar-refractivity contribution in [3.63, 3.8) is 0 Å². The summed E-state index contributed by atoms with van der Waals surface area (Å²) >= 11 is 6.16. The summed E-state index contributed by atoms with van der Waals surface area (Å²) in [5.74, 6) is 0.481. The minimum Gasteiger partial charge on any atom is -0.488 e. The van der Waals surface area contributed by atoms with Gasteiger partial charge >= 0.3 is 0 Å². The molecule has 3 aromatic rings. The molecule has 3 aromatic carbocycles. The van der Waals surface area contributed by atoms with Gasteiger partial charge in [0.15, 0.2) is 0 Å². The lowest BCUT2D eigenvalue weighted by molar-refractivity contribution is 0.296. The molecule has 0 unspecified atom stereocenters. The van der Waals surface area contributed by atoms with Crippen LogP contribution in [0.1, 0.15) is 31.4 Å². The maximum Gasteiger partial charge on any atom is 0.124 e. The highest BCUT2D eigenvalue weighted by Gasteiger charge is 2.11. The van der Waals surface area contributed by atoms with Crippen molar-refractivity contribution in [1.29, 1.82) is 0 Å². The molecule has 0 fully saturated rings. The second kappa shape index (κ2) is 11.3. The molecule has 0 amide bonds. The van der Waals surface area contributed by atoms with Crippen LogP contribution in [-0.4, -0.2) is 31.1 Å². The van der Waals surface area contributed by atoms with E-state index in [1.165, 1.54) is 22.9 Å². The second-order valence-electron chi connectivity index (χ2n) is 7.35. The zero-order chi connectivity index (χ0) is 21.3. The molecule has 1 N–H and O–H groups in total. The highest BCUT2D eigenvalue weighted by molar-refractivity contribution is 6.31. The van der Waals surface area contributed by atoms with Crippen molar-refractivity contribution >= 4 is 22.4 Å². The molecule has 0 radical (unpaired) electrons. The highest BCUT2D eigenvalue weighted by atomic mass is 35.5. The van der Waals surface area contributed by atoms with Crippen LogP contribution in [0.25, 0.3) is 10.8 Å². The van der Waals surface area contributed by atoms with E-state index in [2.05, 4.69) is 42.3 Å². The molecule has 0 aromatic heterocycles. The van der Waals surface area contributed by atoms with Gasteiger partial charge in [-0.3, -0.25) is 0 Å². The summed E-state index contributed by atoms with van der Waals surface area (Å²) in [6, 6.07) is 16.8. The minimum absolute atomic E-state index is 0.298. The van der Waals surface area contributed by atoms with Gasteiger partial charge in [-0.1, -0.05) is 61.8 Å². The summed E-state index contributed by atoms with van der Waals surface area (Å²) in [7, 11) is 0. The Balaban J connectivity index is 1.70. The zero-order valence-corrected chi connectivity index (χ0v) is 18.5. The smallest absolute Gasteiger partial charge is 0.124 e. The molecule has 30 heavy (non-hydrogen) atoms. The van der Waals surface area contributed by atoms with Crippen LogP contribution in [0.5, 0.6) is 5.75 Å². The predicted molar refractivity (Wildman–Crippen MR) is 124 cm³/mol. The SMILES string of the molecule is CCN(CC)CCCNCc1c(OCc2ccc(F)cc2Cl)ccc2ccccc12. The van der Waals surface area contributed by atoms with Crippen molar-refractivity contribution < 1.29 is 9.13 Å². The molecule has 3 rings (SSSR count). The molecule has 0 aliphatic carbocycles. The first kappa shape index (κ1) is 22.5. The van der Waals surface area contributed by atoms with Gasteiger partial charge in [-0.2, -0.15) is 0 Å². The van der Waals surface area contributed by atoms with Crippen LogP contribution in [0, 0.1) is 5.82 Å². The first-order chi connectivity index (χ1) is 14.6. The molecule has 0 bridgehead atoms. The van der Waals surface area contributed by atoms with E-state index in [1.54, 1.807) is 6.07 Å². The van der Waals surface area contributed by atoms with Gasteiger partial charge in [0.05, 0.1) is 5.02 Å². The van der Waals surface area contributed by atoms with E-state index in [0.29, 0.717) is 11.6 Å². The first-order valence-electron chi connectivity index (χ1n) is 10.6. The van der Waals surface area contributed by atoms with E-state index in [9.17, 15) is 4.39 Å². The summed E-state index contributed by atoms with van der Waals surface area (Å²) in [6.07, 6.45) is 1.10. The van der Waals surface area contributed by atoms with Gasteiger partial charge in [0.1, 0.15) is 18.2 Å². The van der Waals surface area contributed by atoms with E-state index in [-0.39, 0.29) is 5.82 Å². The second-order valence-corrected chi connectivity index (χ2v) is 7.75. The van der Waals surface area contributed by atoms with Crippen LogP contribution in [0.3, 0.4) is 0 Å². The molecular weight excluding hydrogens is 399 g/mol. The third-order valence-electron chi connectivity index (χ3n) is 5.42. The largest absolute Gasteiger partial charge is 0.488 e. The van der Waals surface area contributed by atoms with E-state index in [4.69, 9.17) is 16.3 Å². The summed E-state index contributed by atoms with van der Waals surface area (Å²) in [5.41, 5.74) is 1.90. The Labute approximate surface area is 183 Å². The number of nitrogens with zero attached hydrogens (tertiary/aromatic N) is 1. The van der Waals surface area contributed by atoms with Crippen molar-refractivity contribution in [2.75, 3.05) is 26.2 Å². The average Bonchev–Trinajstić information content (AvgIpc) is 2.76. The number of hydrogen-bond donors (Lipinski definition) is 1. The fourth-order valence-electron chi connectivity index (χ4n) is 3.61. The Morgan fingerprint density at radius 1 is 1.03 bits per heavy atom. The Hall–Kier alpha value is -2.14. The Kier molecular flexibility index (Phi) is 8.50. The third kappa shape index (κ3) is 5.94. The van der Waals surface area contributed by atoms with E-state index in [1.807, 2.05) is 18.2 Å². The van der Waals surface area contributed by atoms with Crippen molar-refractivity contribution in [3.05, 3.63) is 76.6 Å². The van der Waals surface area contributed by atoms with Crippen LogP contribution in [-0.2, 0) is 13.2 Å². The van der Waals surface area contributed by atoms with Crippen LogP contribution >= 0.6 is 11.6 Å². The molecular formula is C25H30ClFN2O. The van der Waals surface area contributed by atoms with Crippen LogP contribution in [0.2, 0.25) is 5.02 Å². The maximum absolute atomic E-state index is 13.3. The maximum atomic E-state index is 13.3. The number of rotatable bonds is 11. The van der Waals surface area contributed by atoms with Gasteiger partial charge in [0, 0.05) is 17.7 Å². The minimum atomic E-state index is -0.343. The topological polar surface area (TPSA) is 24.5 Å². The van der Waals surface area contributed by atoms with Gasteiger partial charge in [-0.05, 0) is 61.6 Å². The van der Waals surface area contributed by atoms with Crippen LogP contribution in [0.4, 0.5) is 4.39 Å². The lowest BCUT2D eigenvalue weighted by Gasteiger charge is -2.18. The number of nitrogens with one attached hydrogen (secondary N) is 1. The highest BCUT2D eigenvalue weighted by Crippen LogP contribution is 2.29. The molecule has 0 heterocycles. The van der Waals surface area contributed by atoms with Gasteiger partial charge in [0.2, 0.25) is 0 Å². The van der Waals surface area contributed by atoms with Gasteiger partial charge < -0.3 is 15.0 Å². The Morgan fingerprint density at radius 2 is 1.83 bits per heavy atom. The number of benzene rings is 3. The predicted octanol–water partition coefficient (Wildman–Crippen LogP) is 6.03. The fourth-order valence-corrected chi connectivity index (χ4v) is 3.83. The van der Waals surface area contributed by atoms with E-state index >= 15 is 0 Å². The molecule has 0 atom stereocenters. The monoisotopic (exact) mass is 428 g/mol. The Morgan fingerprint density at radius 3 is 2.60 bits per heavy atom. The van der Waals surface area contributed by atoms with Crippen molar-refractivity contribution in [2.45, 2.75) is 33.4 Å². The molecule has 0 spiro atoms. The summed E-state index contributed by atoms with van der Waals surface area (Å²) < 4.78 is 19.4. The molecule has 160 valence electrons.